The molecular weight excluding hydrogens is 223 g/mol. The summed E-state index contributed by atoms with van der Waals surface area (Å²) in [4.78, 5) is 0. The van der Waals surface area contributed by atoms with Gasteiger partial charge in [-0.25, -0.2) is 0 Å². The molecule has 0 aliphatic rings. The van der Waals surface area contributed by atoms with Gasteiger partial charge in [-0.3, -0.25) is 0 Å². The number of halogens is 1. The molecule has 0 unspecified atom stereocenters. The smallest absolute Gasteiger partial charge is 0.166 e. The minimum Gasteiger partial charge on any atom is -0.366 e. The van der Waals surface area contributed by atoms with Crippen LogP contribution in [0.4, 0.5) is 0 Å². The largest absolute Gasteiger partial charge is 0.366 e. The van der Waals surface area contributed by atoms with Gasteiger partial charge in [-0.15, -0.1) is 0 Å². The molecule has 0 aromatic heterocycles. The van der Waals surface area contributed by atoms with Crippen LogP contribution in [-0.2, 0) is 0 Å². The SMILES string of the molecule is CNC(=S)NCI. The van der Waals surface area contributed by atoms with E-state index in [0.29, 0.717) is 5.11 Å². The van der Waals surface area contributed by atoms with Crippen molar-refractivity contribution in [3.8, 4) is 0 Å². The van der Waals surface area contributed by atoms with Crippen molar-refractivity contribution in [3.63, 3.8) is 0 Å². The van der Waals surface area contributed by atoms with Crippen LogP contribution in [0.3, 0.4) is 0 Å². The molecule has 0 spiro atoms. The van der Waals surface area contributed by atoms with Gasteiger partial charge in [-0.1, -0.05) is 22.6 Å². The second-order valence-corrected chi connectivity index (χ2v) is 2.06. The maximum atomic E-state index is 4.73. The summed E-state index contributed by atoms with van der Waals surface area (Å²) in [5.74, 6) is 0. The molecule has 0 amide bonds. The van der Waals surface area contributed by atoms with Crippen LogP contribution in [0.25, 0.3) is 0 Å². The Morgan fingerprint density at radius 2 is 2.43 bits per heavy atom. The highest BCUT2D eigenvalue weighted by molar-refractivity contribution is 14.1. The monoisotopic (exact) mass is 230 g/mol. The van der Waals surface area contributed by atoms with Gasteiger partial charge >= 0.3 is 0 Å². The quantitative estimate of drug-likeness (QED) is 0.296. The van der Waals surface area contributed by atoms with Gasteiger partial charge in [0.25, 0.3) is 0 Å². The van der Waals surface area contributed by atoms with Crippen molar-refractivity contribution in [2.24, 2.45) is 0 Å². The summed E-state index contributed by atoms with van der Waals surface area (Å²) in [6.45, 7) is 0. The van der Waals surface area contributed by atoms with Gasteiger partial charge in [0, 0.05) is 7.05 Å². The van der Waals surface area contributed by atoms with Gasteiger partial charge in [-0.2, -0.15) is 0 Å². The molecule has 0 aromatic rings. The molecule has 0 bridgehead atoms. The van der Waals surface area contributed by atoms with Crippen LogP contribution >= 0.6 is 34.8 Å². The van der Waals surface area contributed by atoms with Gasteiger partial charge < -0.3 is 10.6 Å². The molecule has 2 N–H and O–H groups in total. The summed E-state index contributed by atoms with van der Waals surface area (Å²) in [5, 5.41) is 6.39. The highest BCUT2D eigenvalue weighted by atomic mass is 127. The van der Waals surface area contributed by atoms with E-state index in [1.807, 2.05) is 0 Å². The van der Waals surface area contributed by atoms with Gasteiger partial charge in [0.15, 0.2) is 5.11 Å². The van der Waals surface area contributed by atoms with E-state index in [4.69, 9.17) is 12.2 Å². The van der Waals surface area contributed by atoms with Gasteiger partial charge in [0.1, 0.15) is 0 Å². The summed E-state index contributed by atoms with van der Waals surface area (Å²) in [5.41, 5.74) is 0. The third kappa shape index (κ3) is 4.27. The van der Waals surface area contributed by atoms with Crippen molar-refractivity contribution in [2.45, 2.75) is 0 Å². The number of alkyl halides is 1. The molecule has 0 saturated heterocycles. The zero-order valence-corrected chi connectivity index (χ0v) is 6.97. The maximum Gasteiger partial charge on any atom is 0.166 e. The third-order valence-electron chi connectivity index (χ3n) is 0.454. The van der Waals surface area contributed by atoms with Crippen LogP contribution < -0.4 is 10.6 Å². The van der Waals surface area contributed by atoms with Crippen molar-refractivity contribution in [2.75, 3.05) is 11.6 Å². The minimum atomic E-state index is 0.703. The standard InChI is InChI=1S/C3H7IN2S/c1-5-3(7)6-2-4/h2H2,1H3,(H2,5,6,7). The molecular formula is C3H7IN2S. The van der Waals surface area contributed by atoms with Crippen molar-refractivity contribution in [1.82, 2.24) is 10.6 Å². The number of rotatable bonds is 1. The Labute approximate surface area is 62.2 Å². The average Bonchev–Trinajstić information content (AvgIpc) is 1.68. The molecule has 42 valence electrons. The second-order valence-electron chi connectivity index (χ2n) is 0.890. The van der Waals surface area contributed by atoms with E-state index in [1.54, 1.807) is 7.05 Å². The summed E-state index contributed by atoms with van der Waals surface area (Å²) in [7, 11) is 1.79. The maximum absolute atomic E-state index is 4.73. The Morgan fingerprint density at radius 3 is 2.57 bits per heavy atom. The molecule has 4 heteroatoms. The summed E-state index contributed by atoms with van der Waals surface area (Å²) in [6.07, 6.45) is 0. The zero-order valence-electron chi connectivity index (χ0n) is 3.99. The number of hydrogen-bond donors (Lipinski definition) is 2. The number of thiocarbonyl (C=S) groups is 1. The van der Waals surface area contributed by atoms with Crippen LogP contribution in [0.1, 0.15) is 0 Å². The Hall–Kier alpha value is 0.420. The van der Waals surface area contributed by atoms with Crippen molar-refractivity contribution in [1.29, 1.82) is 0 Å². The molecule has 0 radical (unpaired) electrons. The lowest BCUT2D eigenvalue weighted by atomic mass is 11.0. The summed E-state index contributed by atoms with van der Waals surface area (Å²) < 4.78 is 0.859. The summed E-state index contributed by atoms with van der Waals surface area (Å²) in [6, 6.07) is 0. The van der Waals surface area contributed by atoms with E-state index in [0.717, 1.165) is 4.55 Å². The van der Waals surface area contributed by atoms with Crippen molar-refractivity contribution in [3.05, 3.63) is 0 Å². The van der Waals surface area contributed by atoms with E-state index in [-0.39, 0.29) is 0 Å². The lowest BCUT2D eigenvalue weighted by Crippen LogP contribution is -2.30. The first kappa shape index (κ1) is 7.42. The molecule has 2 nitrogen and oxygen atoms in total. The number of nitrogens with one attached hydrogen (secondary N) is 2. The molecule has 0 rings (SSSR count). The van der Waals surface area contributed by atoms with Crippen molar-refractivity contribution < 1.29 is 0 Å². The fourth-order valence-corrected chi connectivity index (χ4v) is 0.861. The average molecular weight is 230 g/mol. The second kappa shape index (κ2) is 4.58. The molecule has 0 aliphatic carbocycles. The van der Waals surface area contributed by atoms with E-state index in [2.05, 4.69) is 33.2 Å². The Bertz CT molecular complexity index is 66.0. The molecule has 0 saturated carbocycles. The number of hydrogen-bond acceptors (Lipinski definition) is 1. The molecule has 0 aromatic carbocycles. The Kier molecular flexibility index (Phi) is 4.85. The molecule has 0 atom stereocenters. The molecule has 0 fully saturated rings. The zero-order chi connectivity index (χ0) is 5.70. The Balaban J connectivity index is 3.00. The predicted molar refractivity (Wildman–Crippen MR) is 43.7 cm³/mol. The molecule has 0 heterocycles. The van der Waals surface area contributed by atoms with Gasteiger partial charge in [-0.05, 0) is 12.2 Å². The van der Waals surface area contributed by atoms with E-state index in [9.17, 15) is 0 Å². The first-order valence-electron chi connectivity index (χ1n) is 1.82. The minimum absolute atomic E-state index is 0.703. The van der Waals surface area contributed by atoms with Crippen LogP contribution in [-0.4, -0.2) is 16.7 Å². The third-order valence-corrected chi connectivity index (χ3v) is 1.18. The van der Waals surface area contributed by atoms with Gasteiger partial charge in [0.05, 0.1) is 4.55 Å². The van der Waals surface area contributed by atoms with Crippen molar-refractivity contribution >= 4 is 39.9 Å². The van der Waals surface area contributed by atoms with Crippen LogP contribution in [0, 0.1) is 0 Å². The van der Waals surface area contributed by atoms with E-state index in [1.165, 1.54) is 0 Å². The highest BCUT2D eigenvalue weighted by Crippen LogP contribution is 1.72. The Morgan fingerprint density at radius 1 is 1.86 bits per heavy atom. The molecule has 0 aliphatic heterocycles. The van der Waals surface area contributed by atoms with Crippen LogP contribution in [0.2, 0.25) is 0 Å². The van der Waals surface area contributed by atoms with Gasteiger partial charge in [0.2, 0.25) is 0 Å². The summed E-state index contributed by atoms with van der Waals surface area (Å²) >= 11 is 6.91. The normalized spacial score (nSPS) is 7.71. The van der Waals surface area contributed by atoms with Crippen LogP contribution in [0.15, 0.2) is 0 Å². The van der Waals surface area contributed by atoms with Crippen LogP contribution in [0.5, 0.6) is 0 Å². The first-order valence-corrected chi connectivity index (χ1v) is 3.76. The lowest BCUT2D eigenvalue weighted by Gasteiger charge is -1.99. The van der Waals surface area contributed by atoms with E-state index < -0.39 is 0 Å². The highest BCUT2D eigenvalue weighted by Gasteiger charge is 1.81. The molecule has 7 heavy (non-hydrogen) atoms. The predicted octanol–water partition coefficient (Wildman–Crippen LogP) is 0.473. The fourth-order valence-electron chi connectivity index (χ4n) is 0.149. The lowest BCUT2D eigenvalue weighted by molar-refractivity contribution is 1.05. The topological polar surface area (TPSA) is 24.1 Å². The van der Waals surface area contributed by atoms with E-state index >= 15 is 0 Å². The fraction of sp³-hybridized carbons (Fsp3) is 0.667. The first-order chi connectivity index (χ1) is 3.31.